The van der Waals surface area contributed by atoms with Gasteiger partial charge in [0.2, 0.25) is 17.7 Å². The van der Waals surface area contributed by atoms with Gasteiger partial charge in [0, 0.05) is 22.8 Å². The van der Waals surface area contributed by atoms with E-state index in [-0.39, 0.29) is 23.8 Å². The molecule has 4 atom stereocenters. The Morgan fingerprint density at radius 3 is 2.58 bits per heavy atom. The number of hydrogen-bond donors (Lipinski definition) is 1. The number of benzene rings is 1. The lowest BCUT2D eigenvalue weighted by atomic mass is 9.75. The molecule has 1 aromatic carbocycles. The molecule has 3 saturated heterocycles. The molecule has 26 heavy (non-hydrogen) atoms. The zero-order chi connectivity index (χ0) is 18.4. The fourth-order valence-corrected chi connectivity index (χ4v) is 5.82. The molecule has 6 nitrogen and oxygen atoms in total. The fraction of sp³-hybridized carbons (Fsp3) is 0.550. The highest BCUT2D eigenvalue weighted by molar-refractivity contribution is 6.15. The predicted molar refractivity (Wildman–Crippen MR) is 95.1 cm³/mol. The largest absolute Gasteiger partial charge is 0.324 e. The van der Waals surface area contributed by atoms with Crippen LogP contribution in [0.25, 0.3) is 0 Å². The minimum absolute atomic E-state index is 0.0410. The summed E-state index contributed by atoms with van der Waals surface area (Å²) in [6.07, 6.45) is 1.80. The van der Waals surface area contributed by atoms with E-state index in [0.717, 1.165) is 30.6 Å². The molecule has 0 unspecified atom stereocenters. The van der Waals surface area contributed by atoms with Crippen LogP contribution in [0.5, 0.6) is 0 Å². The quantitative estimate of drug-likeness (QED) is 0.721. The molecule has 4 heterocycles. The summed E-state index contributed by atoms with van der Waals surface area (Å²) in [6.45, 7) is 6.39. The molecule has 0 aromatic heterocycles. The van der Waals surface area contributed by atoms with E-state index in [9.17, 15) is 14.4 Å². The van der Waals surface area contributed by atoms with Crippen LogP contribution in [-0.2, 0) is 19.9 Å². The van der Waals surface area contributed by atoms with Crippen LogP contribution >= 0.6 is 0 Å². The number of anilines is 1. The van der Waals surface area contributed by atoms with Gasteiger partial charge in [-0.2, -0.15) is 0 Å². The Balaban J connectivity index is 1.76. The Labute approximate surface area is 152 Å². The normalized spacial score (nSPS) is 35.9. The third-order valence-electron chi connectivity index (χ3n) is 6.57. The van der Waals surface area contributed by atoms with E-state index >= 15 is 0 Å². The third kappa shape index (κ3) is 1.60. The van der Waals surface area contributed by atoms with Crippen LogP contribution in [0.4, 0.5) is 5.69 Å². The van der Waals surface area contributed by atoms with Gasteiger partial charge in [-0.15, -0.1) is 0 Å². The van der Waals surface area contributed by atoms with E-state index in [4.69, 9.17) is 0 Å². The number of carbonyl (C=O) groups is 3. The molecule has 0 aliphatic carbocycles. The first-order chi connectivity index (χ1) is 12.3. The lowest BCUT2D eigenvalue weighted by Crippen LogP contribution is -2.56. The van der Waals surface area contributed by atoms with Crippen LogP contribution in [0, 0.1) is 11.8 Å². The number of rotatable bonds is 0. The highest BCUT2D eigenvalue weighted by Gasteiger charge is 2.75. The van der Waals surface area contributed by atoms with Gasteiger partial charge >= 0.3 is 0 Å². The van der Waals surface area contributed by atoms with Crippen LogP contribution in [-0.4, -0.2) is 45.6 Å². The monoisotopic (exact) mass is 353 g/mol. The van der Waals surface area contributed by atoms with Gasteiger partial charge in [-0.25, -0.2) is 0 Å². The first kappa shape index (κ1) is 16.0. The standard InChI is InChI=1S/C20H23N3O3/c1-19(2,3)23-16(24)14-13-9-6-10-22(13)20(15(14)17(23)25)11-7-4-5-8-12(11)21-18(20)26/h4-5,7-8,13-15H,6,9-10H2,1-3H3,(H,21,26)/t13-,14+,15-,20-/m0/s1. The number of imide groups is 1. The molecule has 136 valence electrons. The summed E-state index contributed by atoms with van der Waals surface area (Å²) in [5.41, 5.74) is -0.0213. The van der Waals surface area contributed by atoms with Gasteiger partial charge < -0.3 is 5.32 Å². The first-order valence-electron chi connectivity index (χ1n) is 9.35. The second-order valence-corrected chi connectivity index (χ2v) is 8.86. The van der Waals surface area contributed by atoms with Crippen molar-refractivity contribution in [3.05, 3.63) is 29.8 Å². The summed E-state index contributed by atoms with van der Waals surface area (Å²) < 4.78 is 0. The topological polar surface area (TPSA) is 69.7 Å². The van der Waals surface area contributed by atoms with Gasteiger partial charge in [-0.05, 0) is 46.2 Å². The van der Waals surface area contributed by atoms with Crippen LogP contribution in [0.15, 0.2) is 24.3 Å². The summed E-state index contributed by atoms with van der Waals surface area (Å²) >= 11 is 0. The highest BCUT2D eigenvalue weighted by atomic mass is 16.2. The maximum Gasteiger partial charge on any atom is 0.250 e. The van der Waals surface area contributed by atoms with Gasteiger partial charge in [0.05, 0.1) is 11.8 Å². The summed E-state index contributed by atoms with van der Waals surface area (Å²) in [7, 11) is 0. The minimum atomic E-state index is -1.05. The Hall–Kier alpha value is -2.21. The number of likely N-dealkylation sites (tertiary alicyclic amines) is 1. The second kappa shape index (κ2) is 4.74. The summed E-state index contributed by atoms with van der Waals surface area (Å²) in [5, 5.41) is 2.98. The molecule has 1 N–H and O–H groups in total. The number of fused-ring (bicyclic) bond motifs is 7. The zero-order valence-electron chi connectivity index (χ0n) is 15.3. The Morgan fingerprint density at radius 1 is 1.12 bits per heavy atom. The zero-order valence-corrected chi connectivity index (χ0v) is 15.3. The lowest BCUT2D eigenvalue weighted by Gasteiger charge is -2.38. The highest BCUT2D eigenvalue weighted by Crippen LogP contribution is 2.60. The molecule has 4 aliphatic rings. The van der Waals surface area contributed by atoms with Gasteiger partial charge in [-0.1, -0.05) is 18.2 Å². The molecule has 1 aromatic rings. The van der Waals surface area contributed by atoms with Gasteiger partial charge in [-0.3, -0.25) is 24.2 Å². The molecular formula is C20H23N3O3. The molecule has 1 spiro atoms. The lowest BCUT2D eigenvalue weighted by molar-refractivity contribution is -0.150. The number of nitrogens with one attached hydrogen (secondary N) is 1. The van der Waals surface area contributed by atoms with Crippen molar-refractivity contribution in [2.24, 2.45) is 11.8 Å². The van der Waals surface area contributed by atoms with Crippen molar-refractivity contribution in [1.82, 2.24) is 9.80 Å². The van der Waals surface area contributed by atoms with E-state index in [1.165, 1.54) is 4.90 Å². The van der Waals surface area contributed by atoms with Crippen molar-refractivity contribution in [2.45, 2.75) is 50.7 Å². The van der Waals surface area contributed by atoms with Crippen LogP contribution < -0.4 is 5.32 Å². The molecule has 5 rings (SSSR count). The Morgan fingerprint density at radius 2 is 1.85 bits per heavy atom. The summed E-state index contributed by atoms with van der Waals surface area (Å²) in [6, 6.07) is 7.56. The van der Waals surface area contributed by atoms with Crippen molar-refractivity contribution in [3.8, 4) is 0 Å². The number of amides is 3. The molecule has 0 saturated carbocycles. The Kier molecular flexibility index (Phi) is 2.92. The second-order valence-electron chi connectivity index (χ2n) is 8.86. The molecule has 3 fully saturated rings. The van der Waals surface area contributed by atoms with E-state index in [1.807, 2.05) is 45.0 Å². The minimum Gasteiger partial charge on any atom is -0.324 e. The third-order valence-corrected chi connectivity index (χ3v) is 6.57. The predicted octanol–water partition coefficient (Wildman–Crippen LogP) is 1.71. The smallest absolute Gasteiger partial charge is 0.250 e. The van der Waals surface area contributed by atoms with Crippen molar-refractivity contribution in [2.75, 3.05) is 11.9 Å². The number of carbonyl (C=O) groups excluding carboxylic acids is 3. The van der Waals surface area contributed by atoms with Crippen molar-refractivity contribution >= 4 is 23.4 Å². The van der Waals surface area contributed by atoms with Gasteiger partial charge in [0.1, 0.15) is 5.54 Å². The molecule has 0 bridgehead atoms. The number of hydrogen-bond acceptors (Lipinski definition) is 4. The molecule has 3 amide bonds. The molecule has 6 heteroatoms. The molecule has 4 aliphatic heterocycles. The van der Waals surface area contributed by atoms with Crippen LogP contribution in [0.3, 0.4) is 0 Å². The van der Waals surface area contributed by atoms with E-state index in [1.54, 1.807) is 0 Å². The maximum absolute atomic E-state index is 13.5. The maximum atomic E-state index is 13.5. The summed E-state index contributed by atoms with van der Waals surface area (Å²) in [5.74, 6) is -1.54. The molecular weight excluding hydrogens is 330 g/mol. The Bertz CT molecular complexity index is 858. The van der Waals surface area contributed by atoms with Gasteiger partial charge in [0.25, 0.3) is 0 Å². The fourth-order valence-electron chi connectivity index (χ4n) is 5.82. The summed E-state index contributed by atoms with van der Waals surface area (Å²) in [4.78, 5) is 43.7. The average Bonchev–Trinajstić information content (AvgIpc) is 3.24. The van der Waals surface area contributed by atoms with E-state index < -0.39 is 22.9 Å². The molecule has 0 radical (unpaired) electrons. The van der Waals surface area contributed by atoms with Crippen molar-refractivity contribution in [3.63, 3.8) is 0 Å². The van der Waals surface area contributed by atoms with Crippen LogP contribution in [0.2, 0.25) is 0 Å². The van der Waals surface area contributed by atoms with Crippen LogP contribution in [0.1, 0.15) is 39.2 Å². The van der Waals surface area contributed by atoms with Gasteiger partial charge in [0.15, 0.2) is 0 Å². The first-order valence-corrected chi connectivity index (χ1v) is 9.35. The SMILES string of the molecule is CC(C)(C)N1C(=O)[C@H]2[C@@H](C1=O)[C@@]1(C(=O)Nc3ccccc31)N1CCC[C@@H]21. The average molecular weight is 353 g/mol. The number of para-hydroxylation sites is 1. The van der Waals surface area contributed by atoms with Crippen molar-refractivity contribution < 1.29 is 14.4 Å². The van der Waals surface area contributed by atoms with E-state index in [0.29, 0.717) is 0 Å². The van der Waals surface area contributed by atoms with Crippen molar-refractivity contribution in [1.29, 1.82) is 0 Å². The van der Waals surface area contributed by atoms with E-state index in [2.05, 4.69) is 10.2 Å². The number of nitrogens with zero attached hydrogens (tertiary/aromatic N) is 2.